The van der Waals surface area contributed by atoms with Gasteiger partial charge in [0.15, 0.2) is 0 Å². The molecule has 2 heterocycles. The van der Waals surface area contributed by atoms with Crippen LogP contribution in [0.4, 0.5) is 9.93 Å². The monoisotopic (exact) mass is 358 g/mol. The average molecular weight is 358 g/mol. The number of carbonyl (C=O) groups excluding carboxylic acids is 1. The lowest BCUT2D eigenvalue weighted by molar-refractivity contribution is 0.247. The van der Waals surface area contributed by atoms with Crippen molar-refractivity contribution in [3.8, 4) is 0 Å². The molecule has 2 aliphatic rings. The molecule has 1 saturated heterocycles. The van der Waals surface area contributed by atoms with Gasteiger partial charge >= 0.3 is 6.03 Å². The molecule has 1 aliphatic heterocycles. The van der Waals surface area contributed by atoms with Crippen LogP contribution in [-0.2, 0) is 9.84 Å². The van der Waals surface area contributed by atoms with Crippen LogP contribution in [-0.4, -0.2) is 42.2 Å². The highest BCUT2D eigenvalue weighted by Crippen LogP contribution is 2.35. The van der Waals surface area contributed by atoms with Gasteiger partial charge in [-0.3, -0.25) is 5.32 Å². The molecule has 1 aromatic heterocycles. The highest BCUT2D eigenvalue weighted by atomic mass is 32.2. The summed E-state index contributed by atoms with van der Waals surface area (Å²) < 4.78 is 22.8. The van der Waals surface area contributed by atoms with Gasteiger partial charge in [-0.1, -0.05) is 30.6 Å². The van der Waals surface area contributed by atoms with E-state index in [1.807, 2.05) is 0 Å². The number of urea groups is 1. The van der Waals surface area contributed by atoms with Gasteiger partial charge in [0.25, 0.3) is 0 Å². The summed E-state index contributed by atoms with van der Waals surface area (Å²) in [4.78, 5) is 12.0. The SMILES string of the molecule is O=C(Nc1nnc(C2CCCCC2)s1)NC1CCS(=O)(=O)CC1. The Morgan fingerprint density at radius 3 is 2.43 bits per heavy atom. The minimum atomic E-state index is -2.91. The van der Waals surface area contributed by atoms with Gasteiger partial charge < -0.3 is 5.32 Å². The molecule has 1 aliphatic carbocycles. The fraction of sp³-hybridized carbons (Fsp3) is 0.786. The Morgan fingerprint density at radius 2 is 1.74 bits per heavy atom. The number of aromatic nitrogens is 2. The van der Waals surface area contributed by atoms with E-state index in [-0.39, 0.29) is 23.6 Å². The first-order chi connectivity index (χ1) is 11.0. The number of sulfone groups is 1. The van der Waals surface area contributed by atoms with E-state index in [0.29, 0.717) is 23.9 Å². The highest BCUT2D eigenvalue weighted by Gasteiger charge is 2.25. The van der Waals surface area contributed by atoms with Gasteiger partial charge in [0.2, 0.25) is 5.13 Å². The molecule has 23 heavy (non-hydrogen) atoms. The Morgan fingerprint density at radius 1 is 1.04 bits per heavy atom. The maximum absolute atomic E-state index is 12.0. The molecular formula is C14H22N4O3S2. The molecule has 3 rings (SSSR count). The number of nitrogens with one attached hydrogen (secondary N) is 2. The molecule has 0 radical (unpaired) electrons. The summed E-state index contributed by atoms with van der Waals surface area (Å²) in [5, 5.41) is 15.3. The second kappa shape index (κ2) is 7.12. The summed E-state index contributed by atoms with van der Waals surface area (Å²) in [5.41, 5.74) is 0. The van der Waals surface area contributed by atoms with Crippen LogP contribution in [0.2, 0.25) is 0 Å². The van der Waals surface area contributed by atoms with Crippen LogP contribution in [0.5, 0.6) is 0 Å². The van der Waals surface area contributed by atoms with Crippen LogP contribution in [0, 0.1) is 0 Å². The molecule has 128 valence electrons. The maximum atomic E-state index is 12.0. The van der Waals surface area contributed by atoms with Crippen LogP contribution < -0.4 is 10.6 Å². The second-order valence-corrected chi connectivity index (χ2v) is 9.62. The highest BCUT2D eigenvalue weighted by molar-refractivity contribution is 7.91. The van der Waals surface area contributed by atoms with Gasteiger partial charge in [0.1, 0.15) is 14.8 Å². The Balaban J connectivity index is 1.49. The normalized spacial score (nSPS) is 22.6. The molecule has 2 fully saturated rings. The quantitative estimate of drug-likeness (QED) is 0.863. The summed E-state index contributed by atoms with van der Waals surface area (Å²) in [6, 6.07) is -0.426. The molecule has 2 amide bonds. The average Bonchev–Trinajstić information content (AvgIpc) is 2.99. The number of nitrogens with zero attached hydrogens (tertiary/aromatic N) is 2. The van der Waals surface area contributed by atoms with Crippen LogP contribution in [0.25, 0.3) is 0 Å². The molecule has 1 saturated carbocycles. The van der Waals surface area contributed by atoms with Crippen molar-refractivity contribution in [3.63, 3.8) is 0 Å². The standard InChI is InChI=1S/C14H22N4O3S2/c19-13(15-11-6-8-23(20,21)9-7-11)16-14-18-17-12(22-14)10-4-2-1-3-5-10/h10-11H,1-9H2,(H2,15,16,18,19). The van der Waals surface area contributed by atoms with Crippen LogP contribution in [0.15, 0.2) is 0 Å². The Labute approximate surface area is 140 Å². The number of rotatable bonds is 3. The summed E-state index contributed by atoms with van der Waals surface area (Å²) in [5.74, 6) is 0.758. The lowest BCUT2D eigenvalue weighted by Crippen LogP contribution is -2.42. The van der Waals surface area contributed by atoms with E-state index >= 15 is 0 Å². The maximum Gasteiger partial charge on any atom is 0.321 e. The van der Waals surface area contributed by atoms with E-state index < -0.39 is 9.84 Å². The first-order valence-electron chi connectivity index (χ1n) is 8.13. The topological polar surface area (TPSA) is 101 Å². The largest absolute Gasteiger partial charge is 0.335 e. The van der Waals surface area contributed by atoms with Gasteiger partial charge in [-0.05, 0) is 25.7 Å². The Kier molecular flexibility index (Phi) is 5.15. The minimum absolute atomic E-state index is 0.0933. The Bertz CT molecular complexity index is 639. The summed E-state index contributed by atoms with van der Waals surface area (Å²) in [7, 11) is -2.91. The fourth-order valence-corrected chi connectivity index (χ4v) is 5.55. The first kappa shape index (κ1) is 16.6. The molecular weight excluding hydrogens is 336 g/mol. The first-order valence-corrected chi connectivity index (χ1v) is 10.8. The fourth-order valence-electron chi connectivity index (χ4n) is 3.15. The lowest BCUT2D eigenvalue weighted by atomic mass is 9.90. The molecule has 0 bridgehead atoms. The van der Waals surface area contributed by atoms with E-state index in [9.17, 15) is 13.2 Å². The molecule has 2 N–H and O–H groups in total. The molecule has 7 nitrogen and oxygen atoms in total. The van der Waals surface area contributed by atoms with E-state index in [2.05, 4.69) is 20.8 Å². The Hall–Kier alpha value is -1.22. The van der Waals surface area contributed by atoms with Crippen molar-refractivity contribution in [2.75, 3.05) is 16.8 Å². The smallest absolute Gasteiger partial charge is 0.321 e. The van der Waals surface area contributed by atoms with Crippen molar-refractivity contribution in [1.82, 2.24) is 15.5 Å². The van der Waals surface area contributed by atoms with E-state index in [1.54, 1.807) is 0 Å². The van der Waals surface area contributed by atoms with Crippen molar-refractivity contribution in [2.24, 2.45) is 0 Å². The number of anilines is 1. The molecule has 9 heteroatoms. The molecule has 0 atom stereocenters. The number of carbonyl (C=O) groups is 1. The molecule has 0 spiro atoms. The summed E-state index contributed by atoms with van der Waals surface area (Å²) >= 11 is 1.44. The molecule has 0 aromatic carbocycles. The third kappa shape index (κ3) is 4.63. The third-order valence-electron chi connectivity index (χ3n) is 4.51. The molecule has 1 aromatic rings. The zero-order chi connectivity index (χ0) is 16.3. The van der Waals surface area contributed by atoms with Crippen LogP contribution in [0.3, 0.4) is 0 Å². The van der Waals surface area contributed by atoms with Gasteiger partial charge in [-0.25, -0.2) is 13.2 Å². The van der Waals surface area contributed by atoms with Crippen LogP contribution >= 0.6 is 11.3 Å². The molecule has 0 unspecified atom stereocenters. The van der Waals surface area contributed by atoms with E-state index in [0.717, 1.165) is 17.8 Å². The zero-order valence-electron chi connectivity index (χ0n) is 13.0. The summed E-state index contributed by atoms with van der Waals surface area (Å²) in [6.07, 6.45) is 7.00. The van der Waals surface area contributed by atoms with Gasteiger partial charge in [0, 0.05) is 12.0 Å². The lowest BCUT2D eigenvalue weighted by Gasteiger charge is -2.22. The van der Waals surface area contributed by atoms with Crippen molar-refractivity contribution in [1.29, 1.82) is 0 Å². The van der Waals surface area contributed by atoms with Crippen molar-refractivity contribution in [3.05, 3.63) is 5.01 Å². The van der Waals surface area contributed by atoms with Gasteiger partial charge in [-0.2, -0.15) is 0 Å². The second-order valence-electron chi connectivity index (χ2n) is 6.30. The van der Waals surface area contributed by atoms with Crippen LogP contribution in [0.1, 0.15) is 55.9 Å². The number of hydrogen-bond acceptors (Lipinski definition) is 6. The third-order valence-corrected chi connectivity index (χ3v) is 7.22. The van der Waals surface area contributed by atoms with Gasteiger partial charge in [0.05, 0.1) is 11.5 Å². The van der Waals surface area contributed by atoms with Gasteiger partial charge in [-0.15, -0.1) is 10.2 Å². The predicted octanol–water partition coefficient (Wildman–Crippen LogP) is 2.28. The predicted molar refractivity (Wildman–Crippen MR) is 89.6 cm³/mol. The summed E-state index contributed by atoms with van der Waals surface area (Å²) in [6.45, 7) is 0. The number of amides is 2. The number of hydrogen-bond donors (Lipinski definition) is 2. The minimum Gasteiger partial charge on any atom is -0.335 e. The van der Waals surface area contributed by atoms with Crippen molar-refractivity contribution < 1.29 is 13.2 Å². The zero-order valence-corrected chi connectivity index (χ0v) is 14.6. The van der Waals surface area contributed by atoms with E-state index in [1.165, 1.54) is 30.6 Å². The van der Waals surface area contributed by atoms with Crippen molar-refractivity contribution >= 4 is 32.3 Å². The van der Waals surface area contributed by atoms with E-state index in [4.69, 9.17) is 0 Å². The van der Waals surface area contributed by atoms with Crippen molar-refractivity contribution in [2.45, 2.75) is 56.9 Å².